The number of amides is 4. The van der Waals surface area contributed by atoms with Crippen molar-refractivity contribution in [3.63, 3.8) is 0 Å². The number of benzene rings is 1. The van der Waals surface area contributed by atoms with Crippen LogP contribution in [-0.4, -0.2) is 131 Å². The van der Waals surface area contributed by atoms with E-state index in [1.54, 1.807) is 65.0 Å². The number of aliphatic carboxylic acids is 1. The van der Waals surface area contributed by atoms with Gasteiger partial charge in [-0.1, -0.05) is 65.3 Å². The zero-order valence-corrected chi connectivity index (χ0v) is 42.1. The number of allylic oxidation sites excluding steroid dienone is 1. The van der Waals surface area contributed by atoms with E-state index in [2.05, 4.69) is 10.6 Å². The maximum atomic E-state index is 14.1. The van der Waals surface area contributed by atoms with E-state index in [0.717, 1.165) is 15.4 Å². The number of ether oxygens (including phenoxy) is 3. The summed E-state index contributed by atoms with van der Waals surface area (Å²) in [6.07, 6.45) is 3.73. The number of hydrogen-bond donors (Lipinski definition) is 4. The topological polar surface area (TPSA) is 248 Å². The molecule has 8 atom stereocenters. The number of hydrogen-bond acceptors (Lipinski definition) is 13. The van der Waals surface area contributed by atoms with E-state index in [4.69, 9.17) is 19.9 Å². The summed E-state index contributed by atoms with van der Waals surface area (Å²) in [4.78, 5) is 95.4. The zero-order chi connectivity index (χ0) is 50.6. The van der Waals surface area contributed by atoms with Crippen LogP contribution in [0.4, 0.5) is 0 Å². The van der Waals surface area contributed by atoms with E-state index in [1.807, 2.05) is 53.0 Å². The molecule has 0 spiro atoms. The monoisotopic (exact) mass is 943 g/mol. The summed E-state index contributed by atoms with van der Waals surface area (Å²) in [5.41, 5.74) is 6.78. The summed E-state index contributed by atoms with van der Waals surface area (Å²) in [7, 11) is 2.74. The number of thioether (sulfide) groups is 1. The molecule has 0 aliphatic carbocycles. The van der Waals surface area contributed by atoms with Gasteiger partial charge in [-0.2, -0.15) is 5.26 Å². The Bertz CT molecular complexity index is 1920. The number of likely N-dealkylation sites (N-methyl/N-ethyl adjacent to an activating group) is 2. The number of nitrogens with zero attached hydrogens (tertiary/aromatic N) is 3. The number of carbonyl (C=O) groups is 7. The zero-order valence-electron chi connectivity index (χ0n) is 41.3. The van der Waals surface area contributed by atoms with Gasteiger partial charge in [-0.15, -0.1) is 11.8 Å². The Hall–Kier alpha value is -5.25. The van der Waals surface area contributed by atoms with E-state index >= 15 is 0 Å². The van der Waals surface area contributed by atoms with Crippen LogP contribution in [0.1, 0.15) is 107 Å². The smallest absolute Gasteiger partial charge is 0.334 e. The molecule has 1 aromatic rings. The summed E-state index contributed by atoms with van der Waals surface area (Å²) >= 11 is 1.46. The molecule has 0 aliphatic rings. The predicted molar refractivity (Wildman–Crippen MR) is 253 cm³/mol. The van der Waals surface area contributed by atoms with E-state index in [9.17, 15) is 43.9 Å². The fourth-order valence-electron chi connectivity index (χ4n) is 6.67. The second-order valence-corrected chi connectivity index (χ2v) is 18.7. The van der Waals surface area contributed by atoms with Gasteiger partial charge in [-0.25, -0.2) is 9.59 Å². The molecule has 368 valence electrons. The molecule has 0 saturated carbocycles. The third kappa shape index (κ3) is 18.9. The summed E-state index contributed by atoms with van der Waals surface area (Å²) in [5, 5.41) is 24.1. The lowest BCUT2D eigenvalue weighted by Crippen LogP contribution is -2.56. The number of carbonyl (C=O) groups excluding carboxylic acids is 6. The van der Waals surface area contributed by atoms with Crippen molar-refractivity contribution in [3.05, 3.63) is 58.7 Å². The van der Waals surface area contributed by atoms with Crippen molar-refractivity contribution in [3.8, 4) is 6.07 Å². The molecule has 0 saturated heterocycles. The third-order valence-electron chi connectivity index (χ3n) is 11.2. The lowest BCUT2D eigenvalue weighted by Gasteiger charge is -2.33. The first-order chi connectivity index (χ1) is 30.7. The van der Waals surface area contributed by atoms with Crippen molar-refractivity contribution in [2.45, 2.75) is 144 Å². The van der Waals surface area contributed by atoms with E-state index < -0.39 is 90.1 Å². The molecule has 0 heterocycles. The summed E-state index contributed by atoms with van der Waals surface area (Å²) in [6, 6.07) is 4.85. The minimum atomic E-state index is -1.30. The van der Waals surface area contributed by atoms with Crippen LogP contribution in [0.15, 0.2) is 47.6 Å². The van der Waals surface area contributed by atoms with Gasteiger partial charge in [0.25, 0.3) is 5.91 Å². The van der Waals surface area contributed by atoms with Gasteiger partial charge in [0.2, 0.25) is 17.7 Å². The SMILES string of the molecule is C/C=C(\C)[C@@H](OC(=O)C(C)(C)N)[C@@H](C)[C@H](C/C=C(\C)C(=O)O[C@H](CC(C)C)C(=O)N[C@@H](C)C(=O)N(C)[C@H](Cc1ccc(C#N)cc1)C(=O)N(C)CC(=O)N[C@H](C(=O)O)[C@H](C)CC)OCSC. The molecule has 0 radical (unpaired) electrons. The molecule has 0 unspecified atom stereocenters. The Morgan fingerprint density at radius 3 is 2.08 bits per heavy atom. The average molecular weight is 943 g/mol. The molecule has 18 heteroatoms. The predicted octanol–water partition coefficient (Wildman–Crippen LogP) is 4.76. The van der Waals surface area contributed by atoms with Crippen LogP contribution in [-0.2, 0) is 54.2 Å². The van der Waals surface area contributed by atoms with Gasteiger partial charge >= 0.3 is 17.9 Å². The molecule has 5 N–H and O–H groups in total. The van der Waals surface area contributed by atoms with E-state index in [1.165, 1.54) is 32.8 Å². The van der Waals surface area contributed by atoms with Crippen LogP contribution < -0.4 is 16.4 Å². The van der Waals surface area contributed by atoms with Crippen molar-refractivity contribution < 1.29 is 52.9 Å². The molecule has 0 aliphatic heterocycles. The lowest BCUT2D eigenvalue weighted by atomic mass is 9.90. The summed E-state index contributed by atoms with van der Waals surface area (Å²) in [6.45, 7) is 18.4. The Labute approximate surface area is 395 Å². The average Bonchev–Trinajstić information content (AvgIpc) is 3.26. The molecule has 0 fully saturated rings. The molecule has 1 aromatic carbocycles. The lowest BCUT2D eigenvalue weighted by molar-refractivity contribution is -0.157. The maximum Gasteiger partial charge on any atom is 0.334 e. The van der Waals surface area contributed by atoms with Gasteiger partial charge < -0.3 is 45.5 Å². The molecular formula is C48H74N6O11S. The van der Waals surface area contributed by atoms with Gasteiger partial charge in [0.15, 0.2) is 6.10 Å². The largest absolute Gasteiger partial charge is 0.480 e. The van der Waals surface area contributed by atoms with Crippen LogP contribution in [0.3, 0.4) is 0 Å². The van der Waals surface area contributed by atoms with E-state index in [0.29, 0.717) is 23.5 Å². The number of nitriles is 1. The normalized spacial score (nSPS) is 15.7. The van der Waals surface area contributed by atoms with E-state index in [-0.39, 0.29) is 42.6 Å². The molecule has 1 rings (SSSR count). The Morgan fingerprint density at radius 2 is 1.58 bits per heavy atom. The Morgan fingerprint density at radius 1 is 0.970 bits per heavy atom. The number of nitrogens with two attached hydrogens (primary N) is 1. The Kier molecular flexibility index (Phi) is 25.0. The first kappa shape index (κ1) is 58.8. The minimum Gasteiger partial charge on any atom is -0.480 e. The van der Waals surface area contributed by atoms with Gasteiger partial charge in [-0.05, 0) is 95.7 Å². The molecule has 17 nitrogen and oxygen atoms in total. The Balaban J connectivity index is 3.35. The second-order valence-electron chi connectivity index (χ2n) is 17.9. The van der Waals surface area contributed by atoms with Gasteiger partial charge in [0.05, 0.1) is 30.2 Å². The molecule has 0 bridgehead atoms. The molecule has 0 aromatic heterocycles. The van der Waals surface area contributed by atoms with Crippen molar-refractivity contribution in [2.24, 2.45) is 23.5 Å². The van der Waals surface area contributed by atoms with Crippen molar-refractivity contribution in [1.82, 2.24) is 20.4 Å². The highest BCUT2D eigenvalue weighted by Crippen LogP contribution is 2.27. The number of nitrogens with one attached hydrogen (secondary N) is 2. The van der Waals surface area contributed by atoms with Crippen LogP contribution >= 0.6 is 11.8 Å². The molecule has 4 amide bonds. The summed E-state index contributed by atoms with van der Waals surface area (Å²) in [5.74, 6) is -5.82. The fourth-order valence-corrected chi connectivity index (χ4v) is 6.98. The fraction of sp³-hybridized carbons (Fsp3) is 0.625. The van der Waals surface area contributed by atoms with Crippen molar-refractivity contribution in [1.29, 1.82) is 5.26 Å². The first-order valence-electron chi connectivity index (χ1n) is 22.2. The third-order valence-corrected chi connectivity index (χ3v) is 11.6. The number of esters is 2. The quantitative estimate of drug-likeness (QED) is 0.0402. The first-order valence-corrected chi connectivity index (χ1v) is 23.6. The van der Waals surface area contributed by atoms with Crippen LogP contribution in [0.5, 0.6) is 0 Å². The summed E-state index contributed by atoms with van der Waals surface area (Å²) < 4.78 is 17.8. The standard InChI is InChI=1S/C48H74N6O11S/c1-15-29(5)40(45(59)60)52-39(55)26-53(12)44(58)36(24-34-18-20-35(25-49)21-19-34)54(13)43(57)33(9)51-42(56)38(23-28(3)4)64-46(61)31(7)17-22-37(63-27-66-14)32(8)41(30(6)16-2)65-47(62)48(10,11)50/h16-21,28-29,32-33,36-38,40-41H,15,22-24,26-27,50H2,1-14H3,(H,51,56)(H,52,55)(H,59,60)/b30-16+,31-17+/t29-,32+,33+,36-,37+,38-,40+,41-/m1/s1. The maximum absolute atomic E-state index is 14.1. The van der Waals surface area contributed by atoms with Crippen LogP contribution in [0.2, 0.25) is 0 Å². The molecular weight excluding hydrogens is 869 g/mol. The van der Waals surface area contributed by atoms with Crippen molar-refractivity contribution >= 4 is 53.3 Å². The van der Waals surface area contributed by atoms with Gasteiger partial charge in [0.1, 0.15) is 29.8 Å². The van der Waals surface area contributed by atoms with Crippen LogP contribution in [0.25, 0.3) is 0 Å². The van der Waals surface area contributed by atoms with Crippen LogP contribution in [0, 0.1) is 29.1 Å². The minimum absolute atomic E-state index is 0.0300. The van der Waals surface area contributed by atoms with Crippen molar-refractivity contribution in [2.75, 3.05) is 32.8 Å². The highest BCUT2D eigenvalue weighted by molar-refractivity contribution is 7.98. The second kappa shape index (κ2) is 28.0. The van der Waals surface area contributed by atoms with Gasteiger partial charge in [0, 0.05) is 32.0 Å². The number of carboxylic acids is 1. The highest BCUT2D eigenvalue weighted by atomic mass is 32.2. The number of carboxylic acid groups (broad SMARTS) is 1. The molecule has 66 heavy (non-hydrogen) atoms. The van der Waals surface area contributed by atoms with Gasteiger partial charge in [-0.3, -0.25) is 24.0 Å². The highest BCUT2D eigenvalue weighted by Gasteiger charge is 2.37. The number of rotatable bonds is 27.